The van der Waals surface area contributed by atoms with E-state index in [0.29, 0.717) is 17.2 Å². The van der Waals surface area contributed by atoms with E-state index in [2.05, 4.69) is 11.9 Å². The van der Waals surface area contributed by atoms with E-state index >= 15 is 0 Å². The number of aliphatic carboxylic acids is 1. The Bertz CT molecular complexity index is 530. The van der Waals surface area contributed by atoms with Gasteiger partial charge in [0.2, 0.25) is 0 Å². The molecule has 7 heteroatoms. The fraction of sp³-hybridized carbons (Fsp3) is 0.643. The highest BCUT2D eigenvalue weighted by atomic mass is 32.2. The van der Waals surface area contributed by atoms with Gasteiger partial charge in [0, 0.05) is 18.1 Å². The summed E-state index contributed by atoms with van der Waals surface area (Å²) in [5, 5.41) is 9.99. The third-order valence-corrected chi connectivity index (χ3v) is 5.69. The van der Waals surface area contributed by atoms with Crippen molar-refractivity contribution in [2.45, 2.75) is 39.2 Å². The van der Waals surface area contributed by atoms with E-state index in [4.69, 9.17) is 5.11 Å². The van der Waals surface area contributed by atoms with E-state index in [0.717, 1.165) is 29.3 Å². The molecule has 1 unspecified atom stereocenters. The van der Waals surface area contributed by atoms with Gasteiger partial charge in [-0.25, -0.2) is 4.98 Å². The summed E-state index contributed by atoms with van der Waals surface area (Å²) >= 11 is 3.16. The molecular formula is C14H20N2O3S2. The first-order valence-electron chi connectivity index (χ1n) is 7.09. The number of rotatable bonds is 5. The highest BCUT2D eigenvalue weighted by molar-refractivity contribution is 7.99. The Labute approximate surface area is 132 Å². The van der Waals surface area contributed by atoms with Gasteiger partial charge in [-0.15, -0.1) is 11.3 Å². The van der Waals surface area contributed by atoms with Crippen molar-refractivity contribution >= 4 is 35.0 Å². The van der Waals surface area contributed by atoms with E-state index in [1.807, 2.05) is 6.92 Å². The predicted molar refractivity (Wildman–Crippen MR) is 85.2 cm³/mol. The predicted octanol–water partition coefficient (Wildman–Crippen LogP) is 2.44. The van der Waals surface area contributed by atoms with Crippen molar-refractivity contribution in [1.82, 2.24) is 9.88 Å². The Hall–Kier alpha value is -1.08. The molecule has 2 rings (SSSR count). The van der Waals surface area contributed by atoms with E-state index in [1.54, 1.807) is 16.7 Å². The van der Waals surface area contributed by atoms with Crippen LogP contribution in [0.25, 0.3) is 0 Å². The van der Waals surface area contributed by atoms with Crippen molar-refractivity contribution in [3.05, 3.63) is 15.6 Å². The van der Waals surface area contributed by atoms with Crippen LogP contribution in [0.1, 0.15) is 40.1 Å². The third kappa shape index (κ3) is 3.97. The molecule has 1 aliphatic rings. The maximum absolute atomic E-state index is 12.7. The number of carbonyl (C=O) groups is 2. The van der Waals surface area contributed by atoms with Crippen molar-refractivity contribution in [2.75, 3.05) is 18.1 Å². The largest absolute Gasteiger partial charge is 0.481 e. The zero-order valence-electron chi connectivity index (χ0n) is 12.3. The Morgan fingerprint density at radius 3 is 2.90 bits per heavy atom. The summed E-state index contributed by atoms with van der Waals surface area (Å²) < 4.78 is 0. The summed E-state index contributed by atoms with van der Waals surface area (Å²) in [6, 6.07) is -0.218. The van der Waals surface area contributed by atoms with Crippen molar-refractivity contribution < 1.29 is 14.7 Å². The average Bonchev–Trinajstić information content (AvgIpc) is 2.79. The fourth-order valence-corrected chi connectivity index (χ4v) is 4.58. The number of aryl methyl sites for hydroxylation is 2. The minimum atomic E-state index is -0.854. The molecule has 1 saturated heterocycles. The first-order valence-corrected chi connectivity index (χ1v) is 9.06. The lowest BCUT2D eigenvalue weighted by Gasteiger charge is -2.34. The molecule has 116 valence electrons. The van der Waals surface area contributed by atoms with Gasteiger partial charge in [0.1, 0.15) is 4.88 Å². The number of carboxylic acids is 1. The average molecular weight is 328 g/mol. The molecule has 1 N–H and O–H groups in total. The van der Waals surface area contributed by atoms with Crippen LogP contribution >= 0.6 is 23.1 Å². The van der Waals surface area contributed by atoms with E-state index in [9.17, 15) is 9.59 Å². The molecule has 1 aromatic heterocycles. The Balaban J connectivity index is 2.18. The number of nitrogens with zero attached hydrogens (tertiary/aromatic N) is 2. The topological polar surface area (TPSA) is 70.5 Å². The lowest BCUT2D eigenvalue weighted by Crippen LogP contribution is -2.47. The van der Waals surface area contributed by atoms with Gasteiger partial charge in [-0.3, -0.25) is 9.59 Å². The summed E-state index contributed by atoms with van der Waals surface area (Å²) in [5.41, 5.74) is 0.765. The van der Waals surface area contributed by atoms with Crippen LogP contribution in [-0.4, -0.2) is 51.0 Å². The number of hydrogen-bond acceptors (Lipinski definition) is 5. The van der Waals surface area contributed by atoms with Crippen LogP contribution < -0.4 is 0 Å². The Morgan fingerprint density at radius 1 is 1.48 bits per heavy atom. The van der Waals surface area contributed by atoms with Crippen LogP contribution in [0.2, 0.25) is 0 Å². The number of carbonyl (C=O) groups excluding carboxylic acids is 1. The molecular weight excluding hydrogens is 308 g/mol. The lowest BCUT2D eigenvalue weighted by molar-refractivity contribution is -0.138. The molecule has 5 nitrogen and oxygen atoms in total. The van der Waals surface area contributed by atoms with Crippen molar-refractivity contribution in [3.63, 3.8) is 0 Å². The Morgan fingerprint density at radius 2 is 2.24 bits per heavy atom. The molecule has 1 fully saturated rings. The smallest absolute Gasteiger partial charge is 0.305 e. The summed E-state index contributed by atoms with van der Waals surface area (Å²) in [5.74, 6) is 0.645. The van der Waals surface area contributed by atoms with Crippen molar-refractivity contribution in [3.8, 4) is 0 Å². The number of hydrogen-bond donors (Lipinski definition) is 1. The molecule has 0 aromatic carbocycles. The first kappa shape index (κ1) is 16.3. The van der Waals surface area contributed by atoms with Crippen LogP contribution in [0.5, 0.6) is 0 Å². The van der Waals surface area contributed by atoms with Gasteiger partial charge in [-0.05, 0) is 19.8 Å². The number of aromatic nitrogens is 1. The second-order valence-corrected chi connectivity index (χ2v) is 7.33. The number of thiazole rings is 1. The molecule has 0 aliphatic carbocycles. The second-order valence-electron chi connectivity index (χ2n) is 5.10. The second kappa shape index (κ2) is 7.26. The Kier molecular flexibility index (Phi) is 5.64. The van der Waals surface area contributed by atoms with Crippen LogP contribution in [0.4, 0.5) is 0 Å². The van der Waals surface area contributed by atoms with Gasteiger partial charge in [-0.2, -0.15) is 11.8 Å². The molecule has 1 aliphatic heterocycles. The van der Waals surface area contributed by atoms with E-state index in [-0.39, 0.29) is 18.4 Å². The highest BCUT2D eigenvalue weighted by Gasteiger charge is 2.31. The molecule has 0 saturated carbocycles. The number of carboxylic acid groups (broad SMARTS) is 1. The van der Waals surface area contributed by atoms with Gasteiger partial charge < -0.3 is 10.0 Å². The summed E-state index contributed by atoms with van der Waals surface area (Å²) in [7, 11) is 0. The van der Waals surface area contributed by atoms with E-state index in [1.165, 1.54) is 11.3 Å². The minimum Gasteiger partial charge on any atom is -0.481 e. The third-order valence-electron chi connectivity index (χ3n) is 3.40. The molecule has 0 spiro atoms. The van der Waals surface area contributed by atoms with Crippen LogP contribution in [0.3, 0.4) is 0 Å². The van der Waals surface area contributed by atoms with Crippen LogP contribution in [0, 0.1) is 6.92 Å². The van der Waals surface area contributed by atoms with Gasteiger partial charge in [0.25, 0.3) is 5.91 Å². The zero-order valence-corrected chi connectivity index (χ0v) is 13.9. The van der Waals surface area contributed by atoms with E-state index < -0.39 is 5.97 Å². The molecule has 0 radical (unpaired) electrons. The first-order chi connectivity index (χ1) is 10.0. The van der Waals surface area contributed by atoms with Gasteiger partial charge in [0.15, 0.2) is 0 Å². The van der Waals surface area contributed by atoms with Crippen molar-refractivity contribution in [1.29, 1.82) is 0 Å². The number of thioether (sulfide) groups is 1. The van der Waals surface area contributed by atoms with Crippen LogP contribution in [0.15, 0.2) is 0 Å². The lowest BCUT2D eigenvalue weighted by atomic mass is 10.2. The highest BCUT2D eigenvalue weighted by Crippen LogP contribution is 2.26. The molecule has 2 heterocycles. The molecule has 0 bridgehead atoms. The molecule has 1 aromatic rings. The quantitative estimate of drug-likeness (QED) is 0.899. The zero-order chi connectivity index (χ0) is 15.4. The number of amides is 1. The van der Waals surface area contributed by atoms with Gasteiger partial charge in [-0.1, -0.05) is 6.92 Å². The maximum Gasteiger partial charge on any atom is 0.305 e. The van der Waals surface area contributed by atoms with Crippen LogP contribution in [-0.2, 0) is 11.2 Å². The van der Waals surface area contributed by atoms with Gasteiger partial charge in [0.05, 0.1) is 23.2 Å². The maximum atomic E-state index is 12.7. The molecule has 1 amide bonds. The summed E-state index contributed by atoms with van der Waals surface area (Å²) in [6.45, 7) is 4.55. The van der Waals surface area contributed by atoms with Gasteiger partial charge >= 0.3 is 5.97 Å². The fourth-order valence-electron chi connectivity index (χ4n) is 2.39. The molecule has 1 atom stereocenters. The normalized spacial score (nSPS) is 18.8. The summed E-state index contributed by atoms with van der Waals surface area (Å²) in [6.07, 6.45) is 1.90. The standard InChI is InChI=1S/C14H20N2O3S2/c1-3-4-11-15-9(2)13(21-11)14(19)16-5-6-20-8-10(16)7-12(17)18/h10H,3-8H2,1-2H3,(H,17,18). The monoisotopic (exact) mass is 328 g/mol. The van der Waals surface area contributed by atoms with Crippen molar-refractivity contribution in [2.24, 2.45) is 0 Å². The minimum absolute atomic E-state index is 0.0123. The summed E-state index contributed by atoms with van der Waals surface area (Å²) in [4.78, 5) is 30.5. The SMILES string of the molecule is CCCc1nc(C)c(C(=O)N2CCSCC2CC(=O)O)s1. The molecule has 21 heavy (non-hydrogen) atoms.